The summed E-state index contributed by atoms with van der Waals surface area (Å²) in [6.45, 7) is 2.50. The van der Waals surface area contributed by atoms with Gasteiger partial charge in [0.2, 0.25) is 0 Å². The van der Waals surface area contributed by atoms with E-state index in [1.165, 1.54) is 17.3 Å². The lowest BCUT2D eigenvalue weighted by Gasteiger charge is -2.14. The van der Waals surface area contributed by atoms with Crippen LogP contribution in [0.2, 0.25) is 0 Å². The van der Waals surface area contributed by atoms with Crippen LogP contribution in [0.25, 0.3) is 6.08 Å². The zero-order valence-electron chi connectivity index (χ0n) is 17.5. The molecule has 0 spiro atoms. The van der Waals surface area contributed by atoms with E-state index in [-0.39, 0.29) is 5.91 Å². The maximum atomic E-state index is 13.0. The molecule has 7 heteroatoms. The monoisotopic (exact) mass is 525 g/mol. The van der Waals surface area contributed by atoms with Crippen LogP contribution >= 0.6 is 39.9 Å². The molecular formula is C25H20BrNO3S2. The van der Waals surface area contributed by atoms with Crippen molar-refractivity contribution in [3.8, 4) is 11.5 Å². The van der Waals surface area contributed by atoms with E-state index in [1.54, 1.807) is 12.0 Å². The molecule has 0 N–H and O–H groups in total. The largest absolute Gasteiger partial charge is 0.493 e. The molecule has 32 heavy (non-hydrogen) atoms. The van der Waals surface area contributed by atoms with Crippen molar-refractivity contribution in [2.45, 2.75) is 13.5 Å². The van der Waals surface area contributed by atoms with E-state index in [1.807, 2.05) is 60.7 Å². The number of methoxy groups -OCH3 is 1. The molecule has 3 aromatic carbocycles. The number of carbonyl (C=O) groups excluding carboxylic acids is 1. The summed E-state index contributed by atoms with van der Waals surface area (Å²) in [6, 6.07) is 21.3. The molecule has 0 radical (unpaired) electrons. The molecule has 1 heterocycles. The number of ether oxygens (including phenoxy) is 2. The average Bonchev–Trinajstić information content (AvgIpc) is 3.06. The van der Waals surface area contributed by atoms with Gasteiger partial charge in [0.25, 0.3) is 5.91 Å². The minimum absolute atomic E-state index is 0.138. The van der Waals surface area contributed by atoms with Crippen LogP contribution in [-0.2, 0) is 11.4 Å². The molecule has 0 unspecified atom stereocenters. The molecule has 1 fully saturated rings. The number of thioether (sulfide) groups is 1. The zero-order chi connectivity index (χ0) is 22.7. The third kappa shape index (κ3) is 5.06. The first-order valence-corrected chi connectivity index (χ1v) is 11.9. The van der Waals surface area contributed by atoms with E-state index >= 15 is 0 Å². The Kier molecular flexibility index (Phi) is 6.98. The van der Waals surface area contributed by atoms with Crippen molar-refractivity contribution in [1.29, 1.82) is 0 Å². The Morgan fingerprint density at radius 2 is 1.84 bits per heavy atom. The highest BCUT2D eigenvalue weighted by Crippen LogP contribution is 2.37. The summed E-state index contributed by atoms with van der Waals surface area (Å²) in [6.07, 6.45) is 1.82. The lowest BCUT2D eigenvalue weighted by Crippen LogP contribution is -2.27. The van der Waals surface area contributed by atoms with Crippen molar-refractivity contribution in [3.63, 3.8) is 0 Å². The quantitative estimate of drug-likeness (QED) is 0.263. The molecule has 0 bridgehead atoms. The number of benzene rings is 3. The summed E-state index contributed by atoms with van der Waals surface area (Å²) in [5, 5.41) is 0. The Morgan fingerprint density at radius 1 is 1.06 bits per heavy atom. The number of anilines is 1. The number of thiocarbonyl (C=S) groups is 1. The Labute approximate surface area is 205 Å². The molecule has 1 aliphatic heterocycles. The Hall–Kier alpha value is -2.61. The Morgan fingerprint density at radius 3 is 2.56 bits per heavy atom. The SMILES string of the molecule is COc1cc(/C=C2\SC(=S)N(c3ccc(Br)cc3)C2=O)ccc1OCc1cccc(C)c1. The van der Waals surface area contributed by atoms with Crippen molar-refractivity contribution in [1.82, 2.24) is 0 Å². The number of rotatable bonds is 6. The molecular weight excluding hydrogens is 506 g/mol. The molecule has 0 atom stereocenters. The fourth-order valence-corrected chi connectivity index (χ4v) is 4.85. The first-order valence-electron chi connectivity index (χ1n) is 9.84. The van der Waals surface area contributed by atoms with Gasteiger partial charge in [-0.05, 0) is 60.5 Å². The molecule has 162 valence electrons. The third-order valence-electron chi connectivity index (χ3n) is 4.84. The van der Waals surface area contributed by atoms with Crippen LogP contribution in [0.4, 0.5) is 5.69 Å². The zero-order valence-corrected chi connectivity index (χ0v) is 20.7. The van der Waals surface area contributed by atoms with Crippen LogP contribution < -0.4 is 14.4 Å². The second-order valence-corrected chi connectivity index (χ2v) is 9.77. The molecule has 4 nitrogen and oxygen atoms in total. The lowest BCUT2D eigenvalue weighted by molar-refractivity contribution is -0.113. The topological polar surface area (TPSA) is 38.8 Å². The molecule has 3 aromatic rings. The van der Waals surface area contributed by atoms with Gasteiger partial charge in [0.05, 0.1) is 17.7 Å². The van der Waals surface area contributed by atoms with Crippen LogP contribution in [0.1, 0.15) is 16.7 Å². The van der Waals surface area contributed by atoms with Crippen LogP contribution in [-0.4, -0.2) is 17.3 Å². The van der Waals surface area contributed by atoms with Gasteiger partial charge in [0.15, 0.2) is 15.8 Å². The predicted molar refractivity (Wildman–Crippen MR) is 138 cm³/mol. The molecule has 1 aliphatic rings. The number of aryl methyl sites for hydroxylation is 1. The molecule has 1 saturated heterocycles. The number of hydrogen-bond donors (Lipinski definition) is 0. The normalized spacial score (nSPS) is 14.8. The number of nitrogens with zero attached hydrogens (tertiary/aromatic N) is 1. The minimum Gasteiger partial charge on any atom is -0.493 e. The molecule has 0 aromatic heterocycles. The maximum absolute atomic E-state index is 13.0. The maximum Gasteiger partial charge on any atom is 0.270 e. The Bertz CT molecular complexity index is 1210. The van der Waals surface area contributed by atoms with E-state index in [0.717, 1.165) is 21.3 Å². The van der Waals surface area contributed by atoms with Gasteiger partial charge in [0, 0.05) is 4.47 Å². The number of halogens is 1. The highest BCUT2D eigenvalue weighted by Gasteiger charge is 2.33. The predicted octanol–water partition coefficient (Wildman–Crippen LogP) is 6.75. The summed E-state index contributed by atoms with van der Waals surface area (Å²) in [4.78, 5) is 15.1. The number of hydrogen-bond acceptors (Lipinski definition) is 5. The van der Waals surface area contributed by atoms with Crippen LogP contribution in [0.5, 0.6) is 11.5 Å². The van der Waals surface area contributed by atoms with E-state index in [0.29, 0.717) is 27.3 Å². The molecule has 4 rings (SSSR count). The summed E-state index contributed by atoms with van der Waals surface area (Å²) < 4.78 is 12.9. The van der Waals surface area contributed by atoms with Gasteiger partial charge in [-0.1, -0.05) is 75.8 Å². The van der Waals surface area contributed by atoms with Gasteiger partial charge in [-0.2, -0.15) is 0 Å². The third-order valence-corrected chi connectivity index (χ3v) is 6.67. The van der Waals surface area contributed by atoms with Gasteiger partial charge in [-0.25, -0.2) is 0 Å². The second kappa shape index (κ2) is 9.90. The van der Waals surface area contributed by atoms with Crippen molar-refractivity contribution in [2.75, 3.05) is 12.0 Å². The molecule has 1 amide bonds. The van der Waals surface area contributed by atoms with E-state index in [4.69, 9.17) is 21.7 Å². The van der Waals surface area contributed by atoms with Crippen molar-refractivity contribution in [2.24, 2.45) is 0 Å². The molecule has 0 aliphatic carbocycles. The van der Waals surface area contributed by atoms with E-state index in [9.17, 15) is 4.79 Å². The van der Waals surface area contributed by atoms with Crippen molar-refractivity contribution < 1.29 is 14.3 Å². The second-order valence-electron chi connectivity index (χ2n) is 7.18. The minimum atomic E-state index is -0.138. The summed E-state index contributed by atoms with van der Waals surface area (Å²) in [5.74, 6) is 1.12. The van der Waals surface area contributed by atoms with Crippen molar-refractivity contribution in [3.05, 3.63) is 92.8 Å². The average molecular weight is 526 g/mol. The van der Waals surface area contributed by atoms with Gasteiger partial charge >= 0.3 is 0 Å². The van der Waals surface area contributed by atoms with Crippen LogP contribution in [0.15, 0.2) is 76.1 Å². The summed E-state index contributed by atoms with van der Waals surface area (Å²) in [7, 11) is 1.60. The van der Waals surface area contributed by atoms with Gasteiger partial charge < -0.3 is 9.47 Å². The Balaban J connectivity index is 1.53. The van der Waals surface area contributed by atoms with E-state index < -0.39 is 0 Å². The van der Waals surface area contributed by atoms with Gasteiger partial charge in [-0.15, -0.1) is 0 Å². The van der Waals surface area contributed by atoms with Crippen LogP contribution in [0, 0.1) is 6.92 Å². The first kappa shape index (κ1) is 22.6. The van der Waals surface area contributed by atoms with Gasteiger partial charge in [0.1, 0.15) is 6.61 Å². The van der Waals surface area contributed by atoms with Crippen LogP contribution in [0.3, 0.4) is 0 Å². The lowest BCUT2D eigenvalue weighted by atomic mass is 10.1. The van der Waals surface area contributed by atoms with Crippen molar-refractivity contribution >= 4 is 61.9 Å². The number of amides is 1. The fraction of sp³-hybridized carbons (Fsp3) is 0.120. The first-order chi connectivity index (χ1) is 15.4. The fourth-order valence-electron chi connectivity index (χ4n) is 3.29. The van der Waals surface area contributed by atoms with E-state index in [2.05, 4.69) is 35.0 Å². The van der Waals surface area contributed by atoms with Gasteiger partial charge in [-0.3, -0.25) is 9.69 Å². The standard InChI is InChI=1S/C25H20BrNO3S2/c1-16-4-3-5-18(12-16)15-30-21-11-6-17(13-22(21)29-2)14-23-24(28)27(25(31)32-23)20-9-7-19(26)8-10-20/h3-14H,15H2,1-2H3/b23-14-. The summed E-state index contributed by atoms with van der Waals surface area (Å²) >= 11 is 10.2. The highest BCUT2D eigenvalue weighted by atomic mass is 79.9. The number of carbonyl (C=O) groups is 1. The summed E-state index contributed by atoms with van der Waals surface area (Å²) in [5.41, 5.74) is 3.86. The molecule has 0 saturated carbocycles. The smallest absolute Gasteiger partial charge is 0.270 e. The highest BCUT2D eigenvalue weighted by molar-refractivity contribution is 9.10.